The van der Waals surface area contributed by atoms with Crippen molar-refractivity contribution >= 4 is 28.2 Å². The van der Waals surface area contributed by atoms with Crippen molar-refractivity contribution in [1.29, 1.82) is 0 Å². The Morgan fingerprint density at radius 2 is 1.79 bits per heavy atom. The highest BCUT2D eigenvalue weighted by Crippen LogP contribution is 2.36. The molecule has 1 aromatic heterocycles. The van der Waals surface area contributed by atoms with Crippen molar-refractivity contribution in [3.05, 3.63) is 53.7 Å². The molecule has 1 amide bonds. The highest BCUT2D eigenvalue weighted by Gasteiger charge is 2.19. The molecule has 0 radical (unpaired) electrons. The molecule has 5 N–H and O–H groups in total. The van der Waals surface area contributed by atoms with Crippen LogP contribution in [-0.2, 0) is 17.8 Å². The quantitative estimate of drug-likeness (QED) is 0.340. The van der Waals surface area contributed by atoms with Gasteiger partial charge in [-0.1, -0.05) is 19.1 Å². The van der Waals surface area contributed by atoms with Crippen molar-refractivity contribution < 1.29 is 19.4 Å². The average molecular weight is 467 g/mol. The standard InChI is InChI=1S/C26H34N4O4/c1-5-18-17(15-29-26(32)25(27)16(4)31)9-8-10-20(18)30-21-11-12-28-22-14-24(34-7-3)23(33-6-2)13-19(21)22/h8-14,16,25,31H,5-7,15,27H2,1-4H3,(H,28,30)(H,29,32)/t16-,25+/m1/s1. The maximum atomic E-state index is 12.2. The Labute approximate surface area is 200 Å². The van der Waals surface area contributed by atoms with Gasteiger partial charge in [-0.3, -0.25) is 9.78 Å². The summed E-state index contributed by atoms with van der Waals surface area (Å²) in [6.07, 6.45) is 1.61. The number of aromatic nitrogens is 1. The molecule has 0 spiro atoms. The lowest BCUT2D eigenvalue weighted by Gasteiger charge is -2.19. The first-order valence-corrected chi connectivity index (χ1v) is 11.7. The molecule has 3 aromatic rings. The molecular weight excluding hydrogens is 432 g/mol. The lowest BCUT2D eigenvalue weighted by Crippen LogP contribution is -2.46. The van der Waals surface area contributed by atoms with Crippen molar-refractivity contribution in [3.63, 3.8) is 0 Å². The fourth-order valence-corrected chi connectivity index (χ4v) is 3.80. The Balaban J connectivity index is 1.93. The number of rotatable bonds is 11. The summed E-state index contributed by atoms with van der Waals surface area (Å²) in [6, 6.07) is 10.7. The molecule has 0 aliphatic carbocycles. The lowest BCUT2D eigenvalue weighted by molar-refractivity contribution is -0.124. The SMILES string of the molecule is CCOc1cc2nccc(Nc3cccc(CNC(=O)[C@@H](N)[C@@H](C)O)c3CC)c2cc1OCC. The summed E-state index contributed by atoms with van der Waals surface area (Å²) in [4.78, 5) is 16.7. The van der Waals surface area contributed by atoms with E-state index in [2.05, 4.69) is 22.5 Å². The largest absolute Gasteiger partial charge is 0.490 e. The van der Waals surface area contributed by atoms with E-state index in [0.29, 0.717) is 31.3 Å². The highest BCUT2D eigenvalue weighted by molar-refractivity contribution is 5.95. The molecule has 0 aliphatic heterocycles. The summed E-state index contributed by atoms with van der Waals surface area (Å²) in [5.41, 5.74) is 10.4. The summed E-state index contributed by atoms with van der Waals surface area (Å²) in [6.45, 7) is 8.83. The minimum atomic E-state index is -0.962. The zero-order valence-electron chi connectivity index (χ0n) is 20.2. The van der Waals surface area contributed by atoms with Gasteiger partial charge in [-0.15, -0.1) is 0 Å². The Kier molecular flexibility index (Phi) is 8.67. The topological polar surface area (TPSA) is 119 Å². The second-order valence-corrected chi connectivity index (χ2v) is 7.95. The van der Waals surface area contributed by atoms with Crippen LogP contribution in [0.3, 0.4) is 0 Å². The summed E-state index contributed by atoms with van der Waals surface area (Å²) in [7, 11) is 0. The third-order valence-corrected chi connectivity index (χ3v) is 5.58. The summed E-state index contributed by atoms with van der Waals surface area (Å²) < 4.78 is 11.5. The van der Waals surface area contributed by atoms with Gasteiger partial charge in [0.05, 0.1) is 24.8 Å². The molecule has 0 saturated heterocycles. The molecular formula is C26H34N4O4. The number of fused-ring (bicyclic) bond motifs is 1. The Morgan fingerprint density at radius 3 is 2.44 bits per heavy atom. The fraction of sp³-hybridized carbons (Fsp3) is 0.385. The first kappa shape index (κ1) is 25.3. The van der Waals surface area contributed by atoms with Crippen LogP contribution in [0.4, 0.5) is 11.4 Å². The van der Waals surface area contributed by atoms with Crippen LogP contribution in [0.25, 0.3) is 10.9 Å². The van der Waals surface area contributed by atoms with E-state index in [4.69, 9.17) is 15.2 Å². The number of aliphatic hydroxyl groups is 1. The van der Waals surface area contributed by atoms with Gasteiger partial charge in [-0.25, -0.2) is 0 Å². The predicted octanol–water partition coefficient (Wildman–Crippen LogP) is 3.66. The number of amides is 1. The number of aliphatic hydroxyl groups excluding tert-OH is 1. The third-order valence-electron chi connectivity index (χ3n) is 5.58. The molecule has 0 saturated carbocycles. The van der Waals surface area contributed by atoms with E-state index in [9.17, 15) is 9.90 Å². The number of nitrogens with two attached hydrogens (primary N) is 1. The maximum absolute atomic E-state index is 12.2. The van der Waals surface area contributed by atoms with E-state index in [1.807, 2.05) is 50.2 Å². The normalized spacial score (nSPS) is 12.8. The smallest absolute Gasteiger partial charge is 0.239 e. The lowest BCUT2D eigenvalue weighted by atomic mass is 10.0. The van der Waals surface area contributed by atoms with E-state index in [-0.39, 0.29) is 5.91 Å². The van der Waals surface area contributed by atoms with Crippen molar-refractivity contribution in [2.75, 3.05) is 18.5 Å². The molecule has 3 rings (SSSR count). The first-order chi connectivity index (χ1) is 16.4. The molecule has 0 fully saturated rings. The molecule has 182 valence electrons. The molecule has 8 nitrogen and oxygen atoms in total. The van der Waals surface area contributed by atoms with Crippen molar-refractivity contribution in [2.24, 2.45) is 5.73 Å². The Morgan fingerprint density at radius 1 is 1.09 bits per heavy atom. The molecule has 0 aliphatic rings. The van der Waals surface area contributed by atoms with Crippen molar-refractivity contribution in [1.82, 2.24) is 10.3 Å². The third kappa shape index (κ3) is 5.76. The van der Waals surface area contributed by atoms with Crippen LogP contribution >= 0.6 is 0 Å². The van der Waals surface area contributed by atoms with Crippen molar-refractivity contribution in [3.8, 4) is 11.5 Å². The van der Waals surface area contributed by atoms with Gasteiger partial charge in [-0.2, -0.15) is 0 Å². The summed E-state index contributed by atoms with van der Waals surface area (Å²) >= 11 is 0. The second-order valence-electron chi connectivity index (χ2n) is 7.95. The number of benzene rings is 2. The van der Waals surface area contributed by atoms with Gasteiger partial charge in [0.1, 0.15) is 6.04 Å². The number of nitrogens with zero attached hydrogens (tertiary/aromatic N) is 1. The number of carbonyl (C=O) groups is 1. The van der Waals surface area contributed by atoms with E-state index < -0.39 is 12.1 Å². The van der Waals surface area contributed by atoms with Crippen LogP contribution in [0.5, 0.6) is 11.5 Å². The van der Waals surface area contributed by atoms with Gasteiger partial charge < -0.3 is 30.9 Å². The van der Waals surface area contributed by atoms with Gasteiger partial charge >= 0.3 is 0 Å². The number of hydrogen-bond donors (Lipinski definition) is 4. The van der Waals surface area contributed by atoms with Gasteiger partial charge in [0.25, 0.3) is 0 Å². The number of nitrogens with one attached hydrogen (secondary N) is 2. The molecule has 0 bridgehead atoms. The zero-order chi connectivity index (χ0) is 24.7. The van der Waals surface area contributed by atoms with Crippen LogP contribution in [0.1, 0.15) is 38.8 Å². The first-order valence-electron chi connectivity index (χ1n) is 11.7. The van der Waals surface area contributed by atoms with Crippen LogP contribution in [0, 0.1) is 0 Å². The van der Waals surface area contributed by atoms with Gasteiger partial charge in [-0.05, 0) is 56.5 Å². The van der Waals surface area contributed by atoms with Crippen LogP contribution in [0.2, 0.25) is 0 Å². The van der Waals surface area contributed by atoms with E-state index in [1.165, 1.54) is 6.92 Å². The fourth-order valence-electron chi connectivity index (χ4n) is 3.80. The summed E-state index contributed by atoms with van der Waals surface area (Å²) in [5.74, 6) is 0.961. The number of carbonyl (C=O) groups excluding carboxylic acids is 1. The molecule has 34 heavy (non-hydrogen) atoms. The highest BCUT2D eigenvalue weighted by atomic mass is 16.5. The molecule has 0 unspecified atom stereocenters. The number of ether oxygens (including phenoxy) is 2. The Bertz CT molecular complexity index is 1130. The van der Waals surface area contributed by atoms with Gasteiger partial charge in [0, 0.05) is 35.6 Å². The minimum Gasteiger partial charge on any atom is -0.490 e. The monoisotopic (exact) mass is 466 g/mol. The molecule has 2 atom stereocenters. The van der Waals surface area contributed by atoms with E-state index in [0.717, 1.165) is 39.8 Å². The van der Waals surface area contributed by atoms with Crippen LogP contribution < -0.4 is 25.8 Å². The number of anilines is 2. The summed E-state index contributed by atoms with van der Waals surface area (Å²) in [5, 5.41) is 16.8. The van der Waals surface area contributed by atoms with Crippen molar-refractivity contribution in [2.45, 2.75) is 52.8 Å². The Hall–Kier alpha value is -3.36. The van der Waals surface area contributed by atoms with Crippen LogP contribution in [0.15, 0.2) is 42.6 Å². The zero-order valence-corrected chi connectivity index (χ0v) is 20.2. The minimum absolute atomic E-state index is 0.321. The van der Waals surface area contributed by atoms with Gasteiger partial charge in [0.15, 0.2) is 11.5 Å². The molecule has 2 aromatic carbocycles. The number of hydrogen-bond acceptors (Lipinski definition) is 7. The average Bonchev–Trinajstić information content (AvgIpc) is 2.83. The van der Waals surface area contributed by atoms with E-state index >= 15 is 0 Å². The van der Waals surface area contributed by atoms with Crippen LogP contribution in [-0.4, -0.2) is 41.4 Å². The predicted molar refractivity (Wildman–Crippen MR) is 135 cm³/mol. The number of pyridine rings is 1. The second kappa shape index (κ2) is 11.7. The van der Waals surface area contributed by atoms with E-state index in [1.54, 1.807) is 6.20 Å². The maximum Gasteiger partial charge on any atom is 0.239 e. The molecule has 8 heteroatoms. The molecule has 1 heterocycles. The van der Waals surface area contributed by atoms with Gasteiger partial charge in [0.2, 0.25) is 5.91 Å².